The second-order valence-electron chi connectivity index (χ2n) is 5.85. The van der Waals surface area contributed by atoms with E-state index in [1.165, 1.54) is 0 Å². The van der Waals surface area contributed by atoms with Crippen molar-refractivity contribution in [2.75, 3.05) is 0 Å². The van der Waals surface area contributed by atoms with Gasteiger partial charge in [0.1, 0.15) is 18.2 Å². The number of H-pyrrole nitrogens is 1. The molecule has 128 valence electrons. The molecule has 4 aromatic rings. The molecule has 0 saturated carbocycles. The lowest BCUT2D eigenvalue weighted by atomic mass is 10.2. The van der Waals surface area contributed by atoms with Crippen LogP contribution in [0.2, 0.25) is 0 Å². The summed E-state index contributed by atoms with van der Waals surface area (Å²) >= 11 is 3.51. The van der Waals surface area contributed by atoms with Crippen molar-refractivity contribution in [2.45, 2.75) is 6.61 Å². The van der Waals surface area contributed by atoms with E-state index in [9.17, 15) is 4.79 Å². The van der Waals surface area contributed by atoms with Crippen molar-refractivity contribution in [3.05, 3.63) is 93.2 Å². The van der Waals surface area contributed by atoms with Gasteiger partial charge in [-0.3, -0.25) is 4.79 Å². The fourth-order valence-electron chi connectivity index (χ4n) is 2.72. The zero-order chi connectivity index (χ0) is 17.9. The van der Waals surface area contributed by atoms with Crippen LogP contribution in [0.1, 0.15) is 5.56 Å². The average Bonchev–Trinajstić information content (AvgIpc) is 2.68. The van der Waals surface area contributed by atoms with E-state index in [0.29, 0.717) is 29.1 Å². The largest absolute Gasteiger partial charge is 0.488 e. The molecule has 4 nitrogen and oxygen atoms in total. The Balaban J connectivity index is 1.68. The summed E-state index contributed by atoms with van der Waals surface area (Å²) < 4.78 is 6.78. The van der Waals surface area contributed by atoms with Gasteiger partial charge >= 0.3 is 0 Å². The van der Waals surface area contributed by atoms with Crippen LogP contribution < -0.4 is 10.3 Å². The minimum absolute atomic E-state index is 0.153. The third kappa shape index (κ3) is 3.39. The molecule has 1 aromatic heterocycles. The number of nitrogens with one attached hydrogen (secondary N) is 1. The van der Waals surface area contributed by atoms with Gasteiger partial charge in [0, 0.05) is 5.56 Å². The average molecular weight is 407 g/mol. The highest BCUT2D eigenvalue weighted by atomic mass is 79.9. The molecule has 0 unspecified atom stereocenters. The lowest BCUT2D eigenvalue weighted by Gasteiger charge is -2.10. The van der Waals surface area contributed by atoms with Crippen LogP contribution in [0.15, 0.2) is 82.1 Å². The van der Waals surface area contributed by atoms with Crippen molar-refractivity contribution < 1.29 is 4.74 Å². The number of rotatable bonds is 4. The lowest BCUT2D eigenvalue weighted by molar-refractivity contribution is 0.304. The van der Waals surface area contributed by atoms with E-state index < -0.39 is 0 Å². The van der Waals surface area contributed by atoms with Gasteiger partial charge in [0.05, 0.1) is 15.4 Å². The maximum Gasteiger partial charge on any atom is 0.259 e. The third-order valence-electron chi connectivity index (χ3n) is 4.05. The van der Waals surface area contributed by atoms with E-state index in [1.54, 1.807) is 6.07 Å². The standard InChI is InChI=1S/C21H15BrN2O2/c22-17-11-10-15(12-19(17)26-13-14-6-2-1-3-7-14)20-23-18-9-5-4-8-16(18)21(25)24-20/h1-12H,13H2,(H,23,24,25). The maximum atomic E-state index is 12.3. The summed E-state index contributed by atoms with van der Waals surface area (Å²) in [5.74, 6) is 1.22. The van der Waals surface area contributed by atoms with Gasteiger partial charge in [-0.15, -0.1) is 0 Å². The second-order valence-corrected chi connectivity index (χ2v) is 6.71. The zero-order valence-corrected chi connectivity index (χ0v) is 15.4. The summed E-state index contributed by atoms with van der Waals surface area (Å²) in [7, 11) is 0. The van der Waals surface area contributed by atoms with Crippen LogP contribution in [0.4, 0.5) is 0 Å². The number of benzene rings is 3. The molecule has 0 radical (unpaired) electrons. The topological polar surface area (TPSA) is 55.0 Å². The number of nitrogens with zero attached hydrogens (tertiary/aromatic N) is 1. The molecule has 0 amide bonds. The minimum atomic E-state index is -0.153. The summed E-state index contributed by atoms with van der Waals surface area (Å²) in [6.45, 7) is 0.463. The van der Waals surface area contributed by atoms with Crippen molar-refractivity contribution in [3.8, 4) is 17.1 Å². The molecule has 0 fully saturated rings. The van der Waals surface area contributed by atoms with Crippen LogP contribution in [-0.4, -0.2) is 9.97 Å². The quantitative estimate of drug-likeness (QED) is 0.522. The predicted molar refractivity (Wildman–Crippen MR) is 106 cm³/mol. The molecule has 0 bridgehead atoms. The van der Waals surface area contributed by atoms with Crippen molar-refractivity contribution in [3.63, 3.8) is 0 Å². The third-order valence-corrected chi connectivity index (χ3v) is 4.71. The van der Waals surface area contributed by atoms with Gasteiger partial charge in [0.25, 0.3) is 5.56 Å². The van der Waals surface area contributed by atoms with Gasteiger partial charge < -0.3 is 9.72 Å². The van der Waals surface area contributed by atoms with Crippen molar-refractivity contribution in [1.82, 2.24) is 9.97 Å². The first-order valence-electron chi connectivity index (χ1n) is 8.16. The summed E-state index contributed by atoms with van der Waals surface area (Å²) in [4.78, 5) is 19.7. The van der Waals surface area contributed by atoms with Gasteiger partial charge in [-0.05, 0) is 51.8 Å². The number of fused-ring (bicyclic) bond motifs is 1. The Morgan fingerprint density at radius 1 is 0.962 bits per heavy atom. The molecule has 0 spiro atoms. The number of ether oxygens (including phenoxy) is 1. The minimum Gasteiger partial charge on any atom is -0.488 e. The molecule has 26 heavy (non-hydrogen) atoms. The highest BCUT2D eigenvalue weighted by Gasteiger charge is 2.09. The molecule has 0 saturated heterocycles. The number of halogens is 1. The maximum absolute atomic E-state index is 12.3. The fourth-order valence-corrected chi connectivity index (χ4v) is 3.08. The van der Waals surface area contributed by atoms with Crippen molar-refractivity contribution in [2.24, 2.45) is 0 Å². The van der Waals surface area contributed by atoms with E-state index >= 15 is 0 Å². The number of aromatic nitrogens is 2. The molecule has 4 rings (SSSR count). The summed E-state index contributed by atoms with van der Waals surface area (Å²) in [6.07, 6.45) is 0. The Kier molecular flexibility index (Phi) is 4.54. The van der Waals surface area contributed by atoms with E-state index in [2.05, 4.69) is 25.9 Å². The van der Waals surface area contributed by atoms with Crippen LogP contribution >= 0.6 is 15.9 Å². The summed E-state index contributed by atoms with van der Waals surface area (Å²) in [5, 5.41) is 0.578. The first-order chi connectivity index (χ1) is 12.7. The van der Waals surface area contributed by atoms with Gasteiger partial charge in [-0.25, -0.2) is 4.98 Å². The molecule has 0 aliphatic carbocycles. The SMILES string of the molecule is O=c1[nH]c(-c2ccc(Br)c(OCc3ccccc3)c2)nc2ccccc12. The van der Waals surface area contributed by atoms with Crippen LogP contribution in [-0.2, 0) is 6.61 Å². The van der Waals surface area contributed by atoms with Crippen LogP contribution in [0.25, 0.3) is 22.3 Å². The molecule has 3 aromatic carbocycles. The van der Waals surface area contributed by atoms with Gasteiger partial charge in [-0.1, -0.05) is 42.5 Å². The molecule has 5 heteroatoms. The van der Waals surface area contributed by atoms with Crippen molar-refractivity contribution >= 4 is 26.8 Å². The highest BCUT2D eigenvalue weighted by molar-refractivity contribution is 9.10. The predicted octanol–water partition coefficient (Wildman–Crippen LogP) is 4.93. The molecule has 1 heterocycles. The second kappa shape index (κ2) is 7.14. The summed E-state index contributed by atoms with van der Waals surface area (Å²) in [5.41, 5.74) is 2.39. The Bertz CT molecular complexity index is 1120. The van der Waals surface area contributed by atoms with Crippen molar-refractivity contribution in [1.29, 1.82) is 0 Å². The van der Waals surface area contributed by atoms with Gasteiger partial charge in [0.15, 0.2) is 0 Å². The number of aromatic amines is 1. The molecular weight excluding hydrogens is 392 g/mol. The van der Waals surface area contributed by atoms with E-state index in [1.807, 2.05) is 66.7 Å². The Morgan fingerprint density at radius 3 is 2.58 bits per heavy atom. The van der Waals surface area contributed by atoms with Crippen LogP contribution in [0.5, 0.6) is 5.75 Å². The molecule has 0 aliphatic heterocycles. The Morgan fingerprint density at radius 2 is 1.73 bits per heavy atom. The highest BCUT2D eigenvalue weighted by Crippen LogP contribution is 2.30. The Labute approximate surface area is 158 Å². The smallest absolute Gasteiger partial charge is 0.259 e. The monoisotopic (exact) mass is 406 g/mol. The van der Waals surface area contributed by atoms with Crippen LogP contribution in [0, 0.1) is 0 Å². The summed E-state index contributed by atoms with van der Waals surface area (Å²) in [6, 6.07) is 22.9. The van der Waals surface area contributed by atoms with E-state index in [-0.39, 0.29) is 5.56 Å². The first kappa shape index (κ1) is 16.5. The Hall–Kier alpha value is -2.92. The molecule has 0 atom stereocenters. The van der Waals surface area contributed by atoms with E-state index in [0.717, 1.165) is 15.6 Å². The van der Waals surface area contributed by atoms with Gasteiger partial charge in [-0.2, -0.15) is 0 Å². The number of hydrogen-bond donors (Lipinski definition) is 1. The normalized spacial score (nSPS) is 10.8. The van der Waals surface area contributed by atoms with Crippen LogP contribution in [0.3, 0.4) is 0 Å². The molecular formula is C21H15BrN2O2. The molecule has 1 N–H and O–H groups in total. The fraction of sp³-hybridized carbons (Fsp3) is 0.0476. The number of para-hydroxylation sites is 1. The number of hydrogen-bond acceptors (Lipinski definition) is 3. The van der Waals surface area contributed by atoms with Gasteiger partial charge in [0.2, 0.25) is 0 Å². The lowest BCUT2D eigenvalue weighted by Crippen LogP contribution is -2.09. The zero-order valence-electron chi connectivity index (χ0n) is 13.8. The first-order valence-corrected chi connectivity index (χ1v) is 8.96. The molecule has 0 aliphatic rings. The van der Waals surface area contributed by atoms with E-state index in [4.69, 9.17) is 4.74 Å².